The second-order valence-electron chi connectivity index (χ2n) is 5.61. The quantitative estimate of drug-likeness (QED) is 0.705. The second-order valence-corrected chi connectivity index (χ2v) is 5.99. The summed E-state index contributed by atoms with van der Waals surface area (Å²) in [4.78, 5) is 0. The van der Waals surface area contributed by atoms with Crippen LogP contribution in [0.25, 0.3) is 21.9 Å². The number of halogens is 1. The molecule has 4 heteroatoms. The summed E-state index contributed by atoms with van der Waals surface area (Å²) in [5, 5.41) is 2.37. The fourth-order valence-electron chi connectivity index (χ4n) is 2.61. The van der Waals surface area contributed by atoms with E-state index in [1.54, 1.807) is 0 Å². The molecule has 0 saturated heterocycles. The van der Waals surface area contributed by atoms with E-state index in [0.717, 1.165) is 33.4 Å². The number of fused-ring (bicyclic) bond motifs is 2. The van der Waals surface area contributed by atoms with Crippen LogP contribution in [-0.2, 0) is 5.54 Å². The van der Waals surface area contributed by atoms with Gasteiger partial charge in [0.05, 0.1) is 5.02 Å². The predicted octanol–water partition coefficient (Wildman–Crippen LogP) is 4.64. The third-order valence-electron chi connectivity index (χ3n) is 3.29. The Morgan fingerprint density at radius 1 is 1.00 bits per heavy atom. The number of furan rings is 2. The minimum absolute atomic E-state index is 0.540. The van der Waals surface area contributed by atoms with Crippen LogP contribution < -0.4 is 5.73 Å². The molecule has 1 aromatic carbocycles. The van der Waals surface area contributed by atoms with Gasteiger partial charge < -0.3 is 14.6 Å². The van der Waals surface area contributed by atoms with Crippen molar-refractivity contribution >= 4 is 33.5 Å². The summed E-state index contributed by atoms with van der Waals surface area (Å²) < 4.78 is 11.5. The fraction of sp³-hybridized carbons (Fsp3) is 0.333. The van der Waals surface area contributed by atoms with Crippen molar-refractivity contribution in [2.24, 2.45) is 5.73 Å². The molecule has 100 valence electrons. The van der Waals surface area contributed by atoms with Crippen molar-refractivity contribution in [3.8, 4) is 0 Å². The molecule has 0 aliphatic heterocycles. The second kappa shape index (κ2) is 3.78. The molecular weight excluding hydrogens is 262 g/mol. The number of hydrogen-bond donors (Lipinski definition) is 1. The molecule has 0 bridgehead atoms. The van der Waals surface area contributed by atoms with Crippen molar-refractivity contribution in [1.29, 1.82) is 0 Å². The van der Waals surface area contributed by atoms with E-state index in [1.165, 1.54) is 0 Å². The maximum atomic E-state index is 6.43. The van der Waals surface area contributed by atoms with Gasteiger partial charge in [0, 0.05) is 21.9 Å². The largest absolute Gasteiger partial charge is 0.461 e. The van der Waals surface area contributed by atoms with E-state index in [1.807, 2.05) is 39.8 Å². The van der Waals surface area contributed by atoms with Gasteiger partial charge in [0.25, 0.3) is 0 Å². The molecule has 0 saturated carbocycles. The van der Waals surface area contributed by atoms with Crippen molar-refractivity contribution < 1.29 is 8.83 Å². The Kier molecular flexibility index (Phi) is 2.50. The Balaban J connectivity index is 2.62. The highest BCUT2D eigenvalue weighted by Gasteiger charge is 2.27. The maximum Gasteiger partial charge on any atom is 0.154 e. The molecule has 0 unspecified atom stereocenters. The highest BCUT2D eigenvalue weighted by atomic mass is 35.5. The van der Waals surface area contributed by atoms with Gasteiger partial charge in [-0.1, -0.05) is 11.6 Å². The summed E-state index contributed by atoms with van der Waals surface area (Å²) in [5.74, 6) is 1.62. The van der Waals surface area contributed by atoms with E-state index in [-0.39, 0.29) is 0 Å². The predicted molar refractivity (Wildman–Crippen MR) is 77.7 cm³/mol. The highest BCUT2D eigenvalue weighted by molar-refractivity contribution is 6.40. The van der Waals surface area contributed by atoms with Gasteiger partial charge in [0.1, 0.15) is 17.1 Å². The summed E-state index contributed by atoms with van der Waals surface area (Å²) in [6.07, 6.45) is 0. The van der Waals surface area contributed by atoms with Crippen LogP contribution in [0.15, 0.2) is 21.0 Å². The van der Waals surface area contributed by atoms with Crippen LogP contribution in [0.4, 0.5) is 0 Å². The molecule has 3 aromatic rings. The molecule has 0 fully saturated rings. The highest BCUT2D eigenvalue weighted by Crippen LogP contribution is 2.42. The summed E-state index contributed by atoms with van der Waals surface area (Å²) in [5.41, 5.74) is 8.14. The average Bonchev–Trinajstić information content (AvgIpc) is 2.80. The summed E-state index contributed by atoms with van der Waals surface area (Å²) in [6.45, 7) is 7.71. The maximum absolute atomic E-state index is 6.43. The van der Waals surface area contributed by atoms with E-state index in [2.05, 4.69) is 0 Å². The van der Waals surface area contributed by atoms with Crippen molar-refractivity contribution in [1.82, 2.24) is 0 Å². The summed E-state index contributed by atoms with van der Waals surface area (Å²) in [6, 6.07) is 3.88. The number of nitrogens with two attached hydrogens (primary N) is 1. The Bertz CT molecular complexity index is 732. The number of benzene rings is 1. The monoisotopic (exact) mass is 277 g/mol. The third kappa shape index (κ3) is 1.77. The molecule has 3 rings (SSSR count). The third-order valence-corrected chi connectivity index (χ3v) is 3.66. The first kappa shape index (κ1) is 12.6. The molecule has 0 radical (unpaired) electrons. The first-order valence-corrected chi connectivity index (χ1v) is 6.58. The fourth-order valence-corrected chi connectivity index (χ4v) is 2.89. The van der Waals surface area contributed by atoms with Crippen LogP contribution in [-0.4, -0.2) is 0 Å². The van der Waals surface area contributed by atoms with Crippen LogP contribution in [0.5, 0.6) is 0 Å². The van der Waals surface area contributed by atoms with Crippen LogP contribution in [0.3, 0.4) is 0 Å². The summed E-state index contributed by atoms with van der Waals surface area (Å²) in [7, 11) is 0. The molecule has 0 aliphatic rings. The zero-order valence-electron chi connectivity index (χ0n) is 11.4. The normalized spacial score (nSPS) is 12.7. The van der Waals surface area contributed by atoms with E-state index in [9.17, 15) is 0 Å². The van der Waals surface area contributed by atoms with Crippen molar-refractivity contribution in [3.05, 3.63) is 34.2 Å². The lowest BCUT2D eigenvalue weighted by Crippen LogP contribution is -2.29. The van der Waals surface area contributed by atoms with Gasteiger partial charge in [-0.15, -0.1) is 0 Å². The molecule has 2 aromatic heterocycles. The van der Waals surface area contributed by atoms with Gasteiger partial charge in [0.15, 0.2) is 5.58 Å². The molecule has 19 heavy (non-hydrogen) atoms. The van der Waals surface area contributed by atoms with E-state index >= 15 is 0 Å². The zero-order chi connectivity index (χ0) is 13.9. The molecule has 0 atom stereocenters. The first-order chi connectivity index (χ1) is 8.79. The van der Waals surface area contributed by atoms with Crippen LogP contribution in [0.2, 0.25) is 5.02 Å². The average molecular weight is 278 g/mol. The van der Waals surface area contributed by atoms with Gasteiger partial charge in [-0.25, -0.2) is 0 Å². The lowest BCUT2D eigenvalue weighted by atomic mass is 9.91. The van der Waals surface area contributed by atoms with Gasteiger partial charge in [-0.05, 0) is 39.8 Å². The van der Waals surface area contributed by atoms with E-state index < -0.39 is 5.54 Å². The minimum atomic E-state index is -0.540. The molecular formula is C15H16ClNO2. The Morgan fingerprint density at radius 2 is 1.53 bits per heavy atom. The van der Waals surface area contributed by atoms with Gasteiger partial charge in [-0.2, -0.15) is 0 Å². The van der Waals surface area contributed by atoms with E-state index in [4.69, 9.17) is 26.2 Å². The van der Waals surface area contributed by atoms with Crippen molar-refractivity contribution in [2.75, 3.05) is 0 Å². The standard InChI is InChI=1S/C15H16ClNO2/c1-7-5-9-11(15(3,4)17)13-10(6-8(2)18-13)12(16)14(9)19-7/h5-6H,17H2,1-4H3. The number of hydrogen-bond acceptors (Lipinski definition) is 3. The van der Waals surface area contributed by atoms with Gasteiger partial charge in [0.2, 0.25) is 0 Å². The van der Waals surface area contributed by atoms with Crippen molar-refractivity contribution in [2.45, 2.75) is 33.2 Å². The first-order valence-electron chi connectivity index (χ1n) is 6.20. The minimum Gasteiger partial charge on any atom is -0.461 e. The zero-order valence-corrected chi connectivity index (χ0v) is 12.2. The van der Waals surface area contributed by atoms with Gasteiger partial charge in [-0.3, -0.25) is 0 Å². The smallest absolute Gasteiger partial charge is 0.154 e. The van der Waals surface area contributed by atoms with Gasteiger partial charge >= 0.3 is 0 Å². The molecule has 0 aliphatic carbocycles. The molecule has 0 spiro atoms. The van der Waals surface area contributed by atoms with Crippen molar-refractivity contribution in [3.63, 3.8) is 0 Å². The summed E-state index contributed by atoms with van der Waals surface area (Å²) >= 11 is 6.43. The van der Waals surface area contributed by atoms with E-state index in [0.29, 0.717) is 10.6 Å². The Morgan fingerprint density at radius 3 is 2.11 bits per heavy atom. The lowest BCUT2D eigenvalue weighted by Gasteiger charge is -2.20. The number of aryl methyl sites for hydroxylation is 2. The lowest BCUT2D eigenvalue weighted by molar-refractivity contribution is 0.528. The van der Waals surface area contributed by atoms with Crippen LogP contribution >= 0.6 is 11.6 Å². The molecule has 3 nitrogen and oxygen atoms in total. The molecule has 2 heterocycles. The number of rotatable bonds is 1. The molecule has 0 amide bonds. The SMILES string of the molecule is Cc1cc2c(C(C)(C)N)c3oc(C)cc3c(Cl)c2o1. The van der Waals surface area contributed by atoms with Crippen LogP contribution in [0.1, 0.15) is 30.9 Å². The Labute approximate surface area is 116 Å². The Hall–Kier alpha value is -1.45. The molecule has 2 N–H and O–H groups in total. The topological polar surface area (TPSA) is 52.3 Å². The van der Waals surface area contributed by atoms with Crippen LogP contribution in [0, 0.1) is 13.8 Å².